The van der Waals surface area contributed by atoms with Crippen LogP contribution < -0.4 is 5.43 Å². The van der Waals surface area contributed by atoms with Crippen LogP contribution in [-0.4, -0.2) is 24.3 Å². The Labute approximate surface area is 85.7 Å². The van der Waals surface area contributed by atoms with Crippen LogP contribution in [0.2, 0.25) is 0 Å². The zero-order valence-electron chi connectivity index (χ0n) is 9.63. The maximum atomic E-state index is 11.1. The number of rotatable bonds is 5. The molecule has 82 valence electrons. The lowest BCUT2D eigenvalue weighted by molar-refractivity contribution is -0.127. The normalized spacial score (nSPS) is 12.4. The highest BCUT2D eigenvalue weighted by Gasteiger charge is 2.03. The van der Waals surface area contributed by atoms with Crippen molar-refractivity contribution in [3.8, 4) is 0 Å². The van der Waals surface area contributed by atoms with Crippen LogP contribution in [0.1, 0.15) is 34.6 Å². The number of nitrogens with one attached hydrogen (secondary N) is 1. The molecule has 0 aliphatic rings. The minimum atomic E-state index is -0.210. The van der Waals surface area contributed by atoms with Gasteiger partial charge in [0.15, 0.2) is 0 Å². The molecule has 0 heterocycles. The molecule has 0 aliphatic heterocycles. The molecule has 1 amide bonds. The smallest absolute Gasteiger partial charge is 0.266 e. The predicted octanol–water partition coefficient (Wildman–Crippen LogP) is 1.56. The molecule has 0 bridgehead atoms. The van der Waals surface area contributed by atoms with Crippen molar-refractivity contribution >= 4 is 11.6 Å². The molecule has 4 heteroatoms. The molecule has 1 N–H and O–H groups in total. The van der Waals surface area contributed by atoms with Gasteiger partial charge in [0.1, 0.15) is 6.61 Å². The Hall–Kier alpha value is -0.900. The monoisotopic (exact) mass is 200 g/mol. The summed E-state index contributed by atoms with van der Waals surface area (Å²) < 4.78 is 5.12. The number of carbonyl (C=O) groups is 1. The first kappa shape index (κ1) is 13.1. The van der Waals surface area contributed by atoms with Crippen LogP contribution in [0.25, 0.3) is 0 Å². The average Bonchev–Trinajstić information content (AvgIpc) is 2.10. The lowest BCUT2D eigenvalue weighted by atomic mass is 10.1. The summed E-state index contributed by atoms with van der Waals surface area (Å²) in [4.78, 5) is 11.1. The Bertz CT molecular complexity index is 210. The van der Waals surface area contributed by atoms with Crippen LogP contribution in [-0.2, 0) is 9.53 Å². The van der Waals surface area contributed by atoms with E-state index in [2.05, 4.69) is 10.5 Å². The van der Waals surface area contributed by atoms with Crippen molar-refractivity contribution in [2.75, 3.05) is 6.61 Å². The van der Waals surface area contributed by atoms with Crippen LogP contribution in [0.15, 0.2) is 5.10 Å². The van der Waals surface area contributed by atoms with E-state index in [-0.39, 0.29) is 18.6 Å². The van der Waals surface area contributed by atoms with Gasteiger partial charge >= 0.3 is 0 Å². The van der Waals surface area contributed by atoms with Crippen LogP contribution in [0.5, 0.6) is 0 Å². The summed E-state index contributed by atoms with van der Waals surface area (Å²) in [6.07, 6.45) is 0.0657. The summed E-state index contributed by atoms with van der Waals surface area (Å²) in [6.45, 7) is 9.76. The van der Waals surface area contributed by atoms with E-state index in [1.54, 1.807) is 0 Å². The van der Waals surface area contributed by atoms with Gasteiger partial charge in [-0.1, -0.05) is 13.8 Å². The molecule has 0 aromatic carbocycles. The molecule has 0 saturated carbocycles. The van der Waals surface area contributed by atoms with E-state index in [0.717, 1.165) is 5.71 Å². The van der Waals surface area contributed by atoms with Crippen molar-refractivity contribution < 1.29 is 9.53 Å². The lowest BCUT2D eigenvalue weighted by Crippen LogP contribution is -2.26. The van der Waals surface area contributed by atoms with Gasteiger partial charge in [-0.3, -0.25) is 4.79 Å². The number of amides is 1. The molecule has 0 saturated heterocycles. The molecule has 14 heavy (non-hydrogen) atoms. The molecule has 0 unspecified atom stereocenters. The van der Waals surface area contributed by atoms with Gasteiger partial charge in [0, 0.05) is 5.71 Å². The van der Waals surface area contributed by atoms with Crippen LogP contribution in [0.4, 0.5) is 0 Å². The summed E-state index contributed by atoms with van der Waals surface area (Å²) in [5.41, 5.74) is 3.35. The third-order valence-corrected chi connectivity index (χ3v) is 1.74. The molecule has 0 aromatic heterocycles. The highest BCUT2D eigenvalue weighted by Crippen LogP contribution is 1.94. The van der Waals surface area contributed by atoms with Crippen molar-refractivity contribution in [3.05, 3.63) is 0 Å². The fraction of sp³-hybridized carbons (Fsp3) is 0.800. The zero-order valence-corrected chi connectivity index (χ0v) is 9.63. The van der Waals surface area contributed by atoms with Crippen molar-refractivity contribution in [3.63, 3.8) is 0 Å². The average molecular weight is 200 g/mol. The third-order valence-electron chi connectivity index (χ3n) is 1.74. The van der Waals surface area contributed by atoms with Gasteiger partial charge in [-0.2, -0.15) is 5.10 Å². The first-order valence-corrected chi connectivity index (χ1v) is 4.88. The summed E-state index contributed by atoms with van der Waals surface area (Å²) in [5, 5.41) is 3.94. The number of hydrogen-bond acceptors (Lipinski definition) is 3. The minimum absolute atomic E-state index is 0.0620. The van der Waals surface area contributed by atoms with Crippen molar-refractivity contribution in [1.82, 2.24) is 5.43 Å². The molecule has 0 spiro atoms. The van der Waals surface area contributed by atoms with Gasteiger partial charge in [0.2, 0.25) is 0 Å². The van der Waals surface area contributed by atoms with Crippen LogP contribution in [0.3, 0.4) is 0 Å². The SMILES string of the molecule is C/C(=N\NC(=O)COC(C)C)C(C)C. The maximum Gasteiger partial charge on any atom is 0.266 e. The van der Waals surface area contributed by atoms with Gasteiger partial charge in [0.25, 0.3) is 5.91 Å². The van der Waals surface area contributed by atoms with E-state index >= 15 is 0 Å². The number of nitrogens with zero attached hydrogens (tertiary/aromatic N) is 1. The van der Waals surface area contributed by atoms with Gasteiger partial charge in [-0.05, 0) is 26.7 Å². The van der Waals surface area contributed by atoms with Crippen LogP contribution in [0, 0.1) is 5.92 Å². The van der Waals surface area contributed by atoms with Gasteiger partial charge in [-0.25, -0.2) is 5.43 Å². The quantitative estimate of drug-likeness (QED) is 0.541. The number of hydrogen-bond donors (Lipinski definition) is 1. The van der Waals surface area contributed by atoms with Gasteiger partial charge in [-0.15, -0.1) is 0 Å². The Morgan fingerprint density at radius 2 is 1.93 bits per heavy atom. The van der Waals surface area contributed by atoms with E-state index in [4.69, 9.17) is 4.74 Å². The topological polar surface area (TPSA) is 50.7 Å². The number of hydrazone groups is 1. The Morgan fingerprint density at radius 3 is 2.36 bits per heavy atom. The van der Waals surface area contributed by atoms with Gasteiger partial charge in [0.05, 0.1) is 6.10 Å². The second kappa shape index (κ2) is 6.54. The second-order valence-corrected chi connectivity index (χ2v) is 3.80. The molecule has 0 aliphatic carbocycles. The van der Waals surface area contributed by atoms with Crippen molar-refractivity contribution in [2.45, 2.75) is 40.7 Å². The van der Waals surface area contributed by atoms with E-state index in [1.807, 2.05) is 34.6 Å². The summed E-state index contributed by atoms with van der Waals surface area (Å²) in [6, 6.07) is 0. The lowest BCUT2D eigenvalue weighted by Gasteiger charge is -2.07. The molecule has 0 radical (unpaired) electrons. The third kappa shape index (κ3) is 6.60. The molecule has 0 atom stereocenters. The fourth-order valence-electron chi connectivity index (χ4n) is 0.554. The summed E-state index contributed by atoms with van der Waals surface area (Å²) in [7, 11) is 0. The number of carbonyl (C=O) groups excluding carboxylic acids is 1. The first-order chi connectivity index (χ1) is 6.43. The standard InChI is InChI=1S/C10H20N2O2/c1-7(2)9(5)11-12-10(13)6-14-8(3)4/h7-8H,6H2,1-5H3,(H,12,13)/b11-9+. The van der Waals surface area contributed by atoms with Crippen molar-refractivity contribution in [1.29, 1.82) is 0 Å². The molecular formula is C10H20N2O2. The Balaban J connectivity index is 3.79. The molecule has 4 nitrogen and oxygen atoms in total. The molecule has 0 fully saturated rings. The Morgan fingerprint density at radius 1 is 1.36 bits per heavy atom. The highest BCUT2D eigenvalue weighted by atomic mass is 16.5. The molecule has 0 rings (SSSR count). The van der Waals surface area contributed by atoms with E-state index in [1.165, 1.54) is 0 Å². The highest BCUT2D eigenvalue weighted by molar-refractivity contribution is 5.85. The van der Waals surface area contributed by atoms with E-state index in [0.29, 0.717) is 5.92 Å². The van der Waals surface area contributed by atoms with Crippen molar-refractivity contribution in [2.24, 2.45) is 11.0 Å². The predicted molar refractivity (Wildman–Crippen MR) is 57.2 cm³/mol. The minimum Gasteiger partial charge on any atom is -0.369 e. The zero-order chi connectivity index (χ0) is 11.1. The van der Waals surface area contributed by atoms with Crippen LogP contribution >= 0.6 is 0 Å². The van der Waals surface area contributed by atoms with E-state index < -0.39 is 0 Å². The molecular weight excluding hydrogens is 180 g/mol. The maximum absolute atomic E-state index is 11.1. The summed E-state index contributed by atoms with van der Waals surface area (Å²) >= 11 is 0. The molecule has 0 aromatic rings. The largest absolute Gasteiger partial charge is 0.369 e. The van der Waals surface area contributed by atoms with E-state index in [9.17, 15) is 4.79 Å². The fourth-order valence-corrected chi connectivity index (χ4v) is 0.554. The second-order valence-electron chi connectivity index (χ2n) is 3.80. The Kier molecular flexibility index (Phi) is 6.12. The first-order valence-electron chi connectivity index (χ1n) is 4.88. The number of ether oxygens (including phenoxy) is 1. The summed E-state index contributed by atoms with van der Waals surface area (Å²) in [5.74, 6) is 0.139. The van der Waals surface area contributed by atoms with Gasteiger partial charge < -0.3 is 4.74 Å².